The fourth-order valence-corrected chi connectivity index (χ4v) is 2.38. The number of β-amino-alcohol motifs (C(OH)–C–C–N with tert-alkyl or cyclic N) is 1. The molecule has 0 saturated carbocycles. The zero-order valence-electron chi connectivity index (χ0n) is 10.9. The van der Waals surface area contributed by atoms with Crippen LogP contribution in [0.1, 0.15) is 16.9 Å². The molecule has 1 amide bonds. The highest BCUT2D eigenvalue weighted by molar-refractivity contribution is 5.92. The number of nitrogens with zero attached hydrogens (tertiary/aromatic N) is 3. The van der Waals surface area contributed by atoms with Gasteiger partial charge >= 0.3 is 0 Å². The number of aliphatic hydroxyl groups is 1. The van der Waals surface area contributed by atoms with E-state index in [9.17, 15) is 4.79 Å². The average molecular weight is 251 g/mol. The van der Waals surface area contributed by atoms with Gasteiger partial charge in [-0.2, -0.15) is 0 Å². The van der Waals surface area contributed by atoms with Crippen LogP contribution in [-0.4, -0.2) is 64.7 Å². The average Bonchev–Trinajstić information content (AvgIpc) is 2.64. The van der Waals surface area contributed by atoms with Gasteiger partial charge in [-0.25, -0.2) is 0 Å². The molecule has 1 saturated heterocycles. The largest absolute Gasteiger partial charge is 0.395 e. The minimum Gasteiger partial charge on any atom is -0.395 e. The number of aliphatic hydroxyl groups excluding tert-OH is 1. The monoisotopic (exact) mass is 251 g/mol. The number of amides is 1. The molecule has 0 unspecified atom stereocenters. The highest BCUT2D eigenvalue weighted by Crippen LogP contribution is 2.09. The van der Waals surface area contributed by atoms with E-state index < -0.39 is 0 Å². The van der Waals surface area contributed by atoms with E-state index in [0.717, 1.165) is 38.3 Å². The normalized spacial score (nSPS) is 17.8. The number of aromatic nitrogens is 1. The zero-order chi connectivity index (χ0) is 13.0. The van der Waals surface area contributed by atoms with Crippen molar-refractivity contribution in [3.63, 3.8) is 0 Å². The van der Waals surface area contributed by atoms with Crippen molar-refractivity contribution in [2.24, 2.45) is 7.05 Å². The zero-order valence-corrected chi connectivity index (χ0v) is 10.9. The van der Waals surface area contributed by atoms with E-state index in [1.165, 1.54) is 0 Å². The fourth-order valence-electron chi connectivity index (χ4n) is 2.38. The molecule has 0 spiro atoms. The lowest BCUT2D eigenvalue weighted by atomic mass is 10.3. The second kappa shape index (κ2) is 6.02. The highest BCUT2D eigenvalue weighted by Gasteiger charge is 2.21. The molecule has 5 heteroatoms. The molecule has 1 fully saturated rings. The smallest absolute Gasteiger partial charge is 0.270 e. The molecule has 1 aromatic rings. The first-order valence-electron chi connectivity index (χ1n) is 6.46. The van der Waals surface area contributed by atoms with Crippen molar-refractivity contribution >= 4 is 5.91 Å². The summed E-state index contributed by atoms with van der Waals surface area (Å²) in [5, 5.41) is 8.95. The Labute approximate surface area is 108 Å². The fraction of sp³-hybridized carbons (Fsp3) is 0.615. The maximum atomic E-state index is 12.3. The summed E-state index contributed by atoms with van der Waals surface area (Å²) in [5.74, 6) is 0.105. The third-order valence-electron chi connectivity index (χ3n) is 3.45. The standard InChI is InChI=1S/C13H21N3O2/c1-14-5-2-4-12(14)13(18)16-7-3-6-15(8-9-16)10-11-17/h2,4-5,17H,3,6-11H2,1H3. The Morgan fingerprint density at radius 3 is 2.83 bits per heavy atom. The Kier molecular flexibility index (Phi) is 4.38. The van der Waals surface area contributed by atoms with Crippen molar-refractivity contribution in [2.75, 3.05) is 39.3 Å². The Balaban J connectivity index is 1.98. The van der Waals surface area contributed by atoms with Crippen LogP contribution in [0.25, 0.3) is 0 Å². The van der Waals surface area contributed by atoms with Crippen LogP contribution < -0.4 is 0 Å². The second-order valence-electron chi connectivity index (χ2n) is 4.72. The van der Waals surface area contributed by atoms with E-state index in [2.05, 4.69) is 4.90 Å². The summed E-state index contributed by atoms with van der Waals surface area (Å²) in [6.07, 6.45) is 2.86. The minimum atomic E-state index is 0.105. The SMILES string of the molecule is Cn1cccc1C(=O)N1CCCN(CCO)CC1. The molecule has 1 aromatic heterocycles. The second-order valence-corrected chi connectivity index (χ2v) is 4.72. The Morgan fingerprint density at radius 2 is 2.17 bits per heavy atom. The highest BCUT2D eigenvalue weighted by atomic mass is 16.3. The molecule has 2 rings (SSSR count). The molecule has 0 radical (unpaired) electrons. The summed E-state index contributed by atoms with van der Waals surface area (Å²) in [6.45, 7) is 4.22. The number of aryl methyl sites for hydroxylation is 1. The van der Waals surface area contributed by atoms with E-state index in [-0.39, 0.29) is 12.5 Å². The van der Waals surface area contributed by atoms with Gasteiger partial charge in [0.15, 0.2) is 0 Å². The Bertz CT molecular complexity index is 403. The molecular formula is C13H21N3O2. The van der Waals surface area contributed by atoms with Crippen molar-refractivity contribution in [1.82, 2.24) is 14.4 Å². The lowest BCUT2D eigenvalue weighted by Gasteiger charge is -2.21. The van der Waals surface area contributed by atoms with Gasteiger partial charge in [-0.1, -0.05) is 0 Å². The summed E-state index contributed by atoms with van der Waals surface area (Å²) in [6, 6.07) is 3.75. The number of rotatable bonds is 3. The van der Waals surface area contributed by atoms with E-state index in [0.29, 0.717) is 6.54 Å². The molecule has 5 nitrogen and oxygen atoms in total. The molecule has 2 heterocycles. The van der Waals surface area contributed by atoms with Crippen molar-refractivity contribution in [1.29, 1.82) is 0 Å². The van der Waals surface area contributed by atoms with Gasteiger partial charge in [-0.15, -0.1) is 0 Å². The summed E-state index contributed by atoms with van der Waals surface area (Å²) in [7, 11) is 1.89. The predicted octanol–water partition coefficient (Wildman–Crippen LogP) is 0.165. The molecule has 1 aliphatic rings. The van der Waals surface area contributed by atoms with E-state index in [1.807, 2.05) is 34.8 Å². The molecule has 0 bridgehead atoms. The van der Waals surface area contributed by atoms with Crippen molar-refractivity contribution in [3.05, 3.63) is 24.0 Å². The maximum Gasteiger partial charge on any atom is 0.270 e. The molecule has 100 valence electrons. The van der Waals surface area contributed by atoms with Gasteiger partial charge < -0.3 is 14.6 Å². The van der Waals surface area contributed by atoms with Crippen LogP contribution in [0.4, 0.5) is 0 Å². The van der Waals surface area contributed by atoms with Crippen LogP contribution >= 0.6 is 0 Å². The molecule has 1 N–H and O–H groups in total. The summed E-state index contributed by atoms with van der Waals surface area (Å²) in [4.78, 5) is 16.5. The van der Waals surface area contributed by atoms with Gasteiger partial charge in [0.2, 0.25) is 0 Å². The maximum absolute atomic E-state index is 12.3. The van der Waals surface area contributed by atoms with Crippen LogP contribution in [0.15, 0.2) is 18.3 Å². The van der Waals surface area contributed by atoms with Crippen molar-refractivity contribution < 1.29 is 9.90 Å². The van der Waals surface area contributed by atoms with Gasteiger partial charge in [0, 0.05) is 39.4 Å². The molecule has 0 atom stereocenters. The van der Waals surface area contributed by atoms with Gasteiger partial charge in [-0.3, -0.25) is 9.69 Å². The van der Waals surface area contributed by atoms with Crippen molar-refractivity contribution in [3.8, 4) is 0 Å². The minimum absolute atomic E-state index is 0.105. The number of carbonyl (C=O) groups excluding carboxylic acids is 1. The van der Waals surface area contributed by atoms with Crippen LogP contribution in [0.3, 0.4) is 0 Å². The van der Waals surface area contributed by atoms with Crippen LogP contribution in [0.5, 0.6) is 0 Å². The first kappa shape index (κ1) is 13.1. The van der Waals surface area contributed by atoms with E-state index in [1.54, 1.807) is 0 Å². The molecule has 0 aromatic carbocycles. The molecule has 1 aliphatic heterocycles. The quantitative estimate of drug-likeness (QED) is 0.833. The van der Waals surface area contributed by atoms with Gasteiger partial charge in [0.25, 0.3) is 5.91 Å². The Hall–Kier alpha value is -1.33. The number of carbonyl (C=O) groups is 1. The number of hydrogen-bond donors (Lipinski definition) is 1. The molecular weight excluding hydrogens is 230 g/mol. The van der Waals surface area contributed by atoms with Crippen LogP contribution in [0.2, 0.25) is 0 Å². The van der Waals surface area contributed by atoms with E-state index >= 15 is 0 Å². The van der Waals surface area contributed by atoms with E-state index in [4.69, 9.17) is 5.11 Å². The summed E-state index contributed by atoms with van der Waals surface area (Å²) < 4.78 is 1.86. The lowest BCUT2D eigenvalue weighted by molar-refractivity contribution is 0.0751. The van der Waals surface area contributed by atoms with Gasteiger partial charge in [0.05, 0.1) is 6.61 Å². The summed E-state index contributed by atoms with van der Waals surface area (Å²) >= 11 is 0. The molecule has 0 aliphatic carbocycles. The van der Waals surface area contributed by atoms with Crippen LogP contribution in [-0.2, 0) is 7.05 Å². The molecule has 18 heavy (non-hydrogen) atoms. The third-order valence-corrected chi connectivity index (χ3v) is 3.45. The topological polar surface area (TPSA) is 48.7 Å². The summed E-state index contributed by atoms with van der Waals surface area (Å²) in [5.41, 5.74) is 0.741. The van der Waals surface area contributed by atoms with Crippen molar-refractivity contribution in [2.45, 2.75) is 6.42 Å². The van der Waals surface area contributed by atoms with Crippen LogP contribution in [0, 0.1) is 0 Å². The third kappa shape index (κ3) is 2.91. The number of hydrogen-bond acceptors (Lipinski definition) is 3. The van der Waals surface area contributed by atoms with Gasteiger partial charge in [-0.05, 0) is 25.1 Å². The first-order chi connectivity index (χ1) is 8.72. The predicted molar refractivity (Wildman–Crippen MR) is 69.5 cm³/mol. The first-order valence-corrected chi connectivity index (χ1v) is 6.46. The van der Waals surface area contributed by atoms with Gasteiger partial charge in [0.1, 0.15) is 5.69 Å². The Morgan fingerprint density at radius 1 is 1.33 bits per heavy atom. The lowest BCUT2D eigenvalue weighted by Crippen LogP contribution is -2.36.